The number of amides is 1. The minimum Gasteiger partial charge on any atom is -0.296 e. The van der Waals surface area contributed by atoms with Crippen LogP contribution >= 0.6 is 0 Å². The predicted octanol–water partition coefficient (Wildman–Crippen LogP) is 2.41. The summed E-state index contributed by atoms with van der Waals surface area (Å²) >= 11 is 0. The van der Waals surface area contributed by atoms with Gasteiger partial charge in [-0.1, -0.05) is 26.8 Å². The smallest absolute Gasteiger partial charge is 0.233 e. The van der Waals surface area contributed by atoms with Crippen LogP contribution in [0.15, 0.2) is 18.3 Å². The van der Waals surface area contributed by atoms with E-state index >= 15 is 0 Å². The van der Waals surface area contributed by atoms with Gasteiger partial charge in [0, 0.05) is 18.2 Å². The Balaban J connectivity index is 2.36. The zero-order valence-corrected chi connectivity index (χ0v) is 10.2. The SMILES string of the molecule is CC(C)(C)C(=O)N1CCCc2cccnc21. The molecule has 1 aromatic rings. The van der Waals surface area contributed by atoms with E-state index in [4.69, 9.17) is 0 Å². The predicted molar refractivity (Wildman–Crippen MR) is 64.4 cm³/mol. The fourth-order valence-corrected chi connectivity index (χ4v) is 2.00. The number of carbonyl (C=O) groups excluding carboxylic acids is 1. The van der Waals surface area contributed by atoms with Gasteiger partial charge in [0.15, 0.2) is 0 Å². The van der Waals surface area contributed by atoms with Crippen molar-refractivity contribution in [2.45, 2.75) is 33.6 Å². The first-order valence-electron chi connectivity index (χ1n) is 5.76. The number of carbonyl (C=O) groups is 1. The van der Waals surface area contributed by atoms with Crippen molar-refractivity contribution < 1.29 is 4.79 Å². The molecule has 1 amide bonds. The first-order valence-corrected chi connectivity index (χ1v) is 5.76. The third kappa shape index (κ3) is 1.94. The van der Waals surface area contributed by atoms with E-state index in [9.17, 15) is 4.79 Å². The summed E-state index contributed by atoms with van der Waals surface area (Å²) in [5.74, 6) is 1.01. The van der Waals surface area contributed by atoms with Crippen LogP contribution in [0.3, 0.4) is 0 Å². The van der Waals surface area contributed by atoms with E-state index in [1.165, 1.54) is 5.56 Å². The fourth-order valence-electron chi connectivity index (χ4n) is 2.00. The lowest BCUT2D eigenvalue weighted by molar-refractivity contribution is -0.125. The number of anilines is 1. The van der Waals surface area contributed by atoms with Crippen LogP contribution in [0.25, 0.3) is 0 Å². The number of aromatic nitrogens is 1. The largest absolute Gasteiger partial charge is 0.296 e. The Morgan fingerprint density at radius 2 is 2.19 bits per heavy atom. The Hall–Kier alpha value is -1.38. The van der Waals surface area contributed by atoms with Gasteiger partial charge in [-0.15, -0.1) is 0 Å². The van der Waals surface area contributed by atoms with Crippen molar-refractivity contribution in [2.75, 3.05) is 11.4 Å². The molecule has 0 radical (unpaired) electrons. The average Bonchev–Trinajstić information content (AvgIpc) is 2.26. The van der Waals surface area contributed by atoms with Crippen LogP contribution in [0.1, 0.15) is 32.8 Å². The molecule has 0 atom stereocenters. The summed E-state index contributed by atoms with van der Waals surface area (Å²) in [6.45, 7) is 6.64. The summed E-state index contributed by atoms with van der Waals surface area (Å²) < 4.78 is 0. The zero-order chi connectivity index (χ0) is 11.8. The van der Waals surface area contributed by atoms with Gasteiger partial charge in [-0.05, 0) is 24.5 Å². The summed E-state index contributed by atoms with van der Waals surface area (Å²) in [6, 6.07) is 3.99. The molecule has 0 unspecified atom stereocenters. The molecule has 2 heterocycles. The van der Waals surface area contributed by atoms with Crippen LogP contribution in [0, 0.1) is 5.41 Å². The Labute approximate surface area is 96.5 Å². The summed E-state index contributed by atoms with van der Waals surface area (Å²) in [5.41, 5.74) is 0.845. The highest BCUT2D eigenvalue weighted by atomic mass is 16.2. The molecular formula is C13H18N2O. The maximum Gasteiger partial charge on any atom is 0.233 e. The lowest BCUT2D eigenvalue weighted by Crippen LogP contribution is -2.42. The monoisotopic (exact) mass is 218 g/mol. The molecule has 3 heteroatoms. The second kappa shape index (κ2) is 3.89. The topological polar surface area (TPSA) is 33.2 Å². The third-order valence-electron chi connectivity index (χ3n) is 2.84. The van der Waals surface area contributed by atoms with Crippen molar-refractivity contribution in [3.63, 3.8) is 0 Å². The molecule has 0 bridgehead atoms. The summed E-state index contributed by atoms with van der Waals surface area (Å²) in [6.07, 6.45) is 3.81. The van der Waals surface area contributed by atoms with E-state index in [2.05, 4.69) is 11.1 Å². The molecule has 0 fully saturated rings. The fraction of sp³-hybridized carbons (Fsp3) is 0.538. The molecule has 16 heavy (non-hydrogen) atoms. The molecule has 0 saturated carbocycles. The molecule has 0 saturated heterocycles. The molecule has 0 N–H and O–H groups in total. The van der Waals surface area contributed by atoms with Crippen LogP contribution in [0.4, 0.5) is 5.82 Å². The second-order valence-corrected chi connectivity index (χ2v) is 5.30. The molecule has 1 aliphatic rings. The zero-order valence-electron chi connectivity index (χ0n) is 10.2. The minimum absolute atomic E-state index is 0.159. The average molecular weight is 218 g/mol. The molecule has 1 aliphatic heterocycles. The number of fused-ring (bicyclic) bond motifs is 1. The van der Waals surface area contributed by atoms with Crippen molar-refractivity contribution in [3.8, 4) is 0 Å². The summed E-state index contributed by atoms with van der Waals surface area (Å²) in [5, 5.41) is 0. The van der Waals surface area contributed by atoms with Gasteiger partial charge in [0.05, 0.1) is 0 Å². The van der Waals surface area contributed by atoms with E-state index in [-0.39, 0.29) is 11.3 Å². The van der Waals surface area contributed by atoms with Crippen LogP contribution < -0.4 is 4.90 Å². The maximum absolute atomic E-state index is 12.3. The van der Waals surface area contributed by atoms with Crippen LogP contribution in [-0.4, -0.2) is 17.4 Å². The lowest BCUT2D eigenvalue weighted by Gasteiger charge is -2.32. The molecule has 3 nitrogen and oxygen atoms in total. The van der Waals surface area contributed by atoms with Gasteiger partial charge >= 0.3 is 0 Å². The quantitative estimate of drug-likeness (QED) is 0.670. The first kappa shape index (κ1) is 11.1. The van der Waals surface area contributed by atoms with Gasteiger partial charge in [-0.25, -0.2) is 4.98 Å². The van der Waals surface area contributed by atoms with E-state index in [1.807, 2.05) is 31.7 Å². The maximum atomic E-state index is 12.3. The van der Waals surface area contributed by atoms with E-state index < -0.39 is 0 Å². The second-order valence-electron chi connectivity index (χ2n) is 5.30. The van der Waals surface area contributed by atoms with Crippen LogP contribution in [-0.2, 0) is 11.2 Å². The molecule has 1 aromatic heterocycles. The molecule has 0 spiro atoms. The Morgan fingerprint density at radius 1 is 1.44 bits per heavy atom. The normalized spacial score (nSPS) is 15.8. The molecule has 2 rings (SSSR count). The number of hydrogen-bond donors (Lipinski definition) is 0. The van der Waals surface area contributed by atoms with Gasteiger partial charge in [0.25, 0.3) is 0 Å². The Bertz CT molecular complexity index is 407. The minimum atomic E-state index is -0.341. The standard InChI is InChI=1S/C13H18N2O/c1-13(2,3)12(16)15-9-5-7-10-6-4-8-14-11(10)15/h4,6,8H,5,7,9H2,1-3H3. The van der Waals surface area contributed by atoms with Crippen molar-refractivity contribution in [1.29, 1.82) is 0 Å². The molecule has 0 aliphatic carbocycles. The number of aryl methyl sites for hydroxylation is 1. The van der Waals surface area contributed by atoms with Gasteiger partial charge in [-0.3, -0.25) is 9.69 Å². The molecule has 86 valence electrons. The van der Waals surface area contributed by atoms with Gasteiger partial charge in [0.2, 0.25) is 5.91 Å². The molecular weight excluding hydrogens is 200 g/mol. The Kier molecular flexibility index (Phi) is 2.70. The van der Waals surface area contributed by atoms with Crippen molar-refractivity contribution in [1.82, 2.24) is 4.98 Å². The van der Waals surface area contributed by atoms with Crippen molar-refractivity contribution in [3.05, 3.63) is 23.9 Å². The van der Waals surface area contributed by atoms with E-state index in [0.29, 0.717) is 0 Å². The highest BCUT2D eigenvalue weighted by molar-refractivity contribution is 5.96. The van der Waals surface area contributed by atoms with Gasteiger partial charge in [0.1, 0.15) is 5.82 Å². The molecule has 0 aromatic carbocycles. The highest BCUT2D eigenvalue weighted by Crippen LogP contribution is 2.28. The lowest BCUT2D eigenvalue weighted by atomic mass is 9.93. The number of pyridine rings is 1. The van der Waals surface area contributed by atoms with E-state index in [1.54, 1.807) is 6.20 Å². The summed E-state index contributed by atoms with van der Waals surface area (Å²) in [7, 11) is 0. The van der Waals surface area contributed by atoms with Gasteiger partial charge < -0.3 is 0 Å². The van der Waals surface area contributed by atoms with Crippen molar-refractivity contribution in [2.24, 2.45) is 5.41 Å². The highest BCUT2D eigenvalue weighted by Gasteiger charge is 2.31. The summed E-state index contributed by atoms with van der Waals surface area (Å²) in [4.78, 5) is 18.4. The Morgan fingerprint density at radius 3 is 2.88 bits per heavy atom. The van der Waals surface area contributed by atoms with Gasteiger partial charge in [-0.2, -0.15) is 0 Å². The number of nitrogens with zero attached hydrogens (tertiary/aromatic N) is 2. The third-order valence-corrected chi connectivity index (χ3v) is 2.84. The number of rotatable bonds is 0. The van der Waals surface area contributed by atoms with Crippen LogP contribution in [0.5, 0.6) is 0 Å². The number of hydrogen-bond acceptors (Lipinski definition) is 2. The first-order chi connectivity index (χ1) is 7.50. The van der Waals surface area contributed by atoms with Crippen molar-refractivity contribution >= 4 is 11.7 Å². The van der Waals surface area contributed by atoms with E-state index in [0.717, 1.165) is 25.2 Å². The van der Waals surface area contributed by atoms with Crippen LogP contribution in [0.2, 0.25) is 0 Å².